The van der Waals surface area contributed by atoms with Crippen LogP contribution < -0.4 is 0 Å². The van der Waals surface area contributed by atoms with E-state index in [-0.39, 0.29) is 29.3 Å². The largest absolute Gasteiger partial charge is 0.507 e. The van der Waals surface area contributed by atoms with Gasteiger partial charge in [0.25, 0.3) is 0 Å². The Morgan fingerprint density at radius 3 is 2.26 bits per heavy atom. The van der Waals surface area contributed by atoms with Crippen LogP contribution in [0, 0.1) is 20.8 Å². The first kappa shape index (κ1) is 18.1. The molecule has 0 radical (unpaired) electrons. The zero-order valence-electron chi connectivity index (χ0n) is 13.8. The van der Waals surface area contributed by atoms with Gasteiger partial charge < -0.3 is 25.2 Å². The monoisotopic (exact) mass is 340 g/mol. The van der Waals surface area contributed by atoms with Crippen LogP contribution in [0.4, 0.5) is 0 Å². The Balaban J connectivity index is 2.32. The molecule has 1 aromatic carbocycles. The molecule has 1 heterocycles. The average molecular weight is 340 g/mol. The van der Waals surface area contributed by atoms with Gasteiger partial charge >= 0.3 is 0 Å². The van der Waals surface area contributed by atoms with Crippen LogP contribution in [-0.2, 0) is 4.74 Å². The average Bonchev–Trinajstić information content (AvgIpc) is 2.47. The Labute approximate surface area is 140 Å². The third-order valence-electron chi connectivity index (χ3n) is 4.45. The van der Waals surface area contributed by atoms with Crippen LogP contribution >= 0.6 is 11.8 Å². The van der Waals surface area contributed by atoms with Crippen molar-refractivity contribution in [3.05, 3.63) is 28.8 Å². The molecule has 1 saturated heterocycles. The van der Waals surface area contributed by atoms with Gasteiger partial charge in [-0.1, -0.05) is 6.58 Å². The lowest BCUT2D eigenvalue weighted by molar-refractivity contribution is -0.179. The second kappa shape index (κ2) is 6.73. The summed E-state index contributed by atoms with van der Waals surface area (Å²) in [6.07, 6.45) is -1.89. The molecule has 6 heteroatoms. The number of thioether (sulfide) groups is 1. The summed E-state index contributed by atoms with van der Waals surface area (Å²) in [5, 5.41) is 39.8. The topological polar surface area (TPSA) is 90.2 Å². The number of ether oxygens (including phenoxy) is 1. The van der Waals surface area contributed by atoms with E-state index in [1.807, 2.05) is 6.92 Å². The first-order chi connectivity index (χ1) is 10.6. The van der Waals surface area contributed by atoms with Crippen molar-refractivity contribution in [2.24, 2.45) is 0 Å². The fourth-order valence-electron chi connectivity index (χ4n) is 2.90. The van der Waals surface area contributed by atoms with E-state index in [9.17, 15) is 20.4 Å². The molecule has 1 aliphatic heterocycles. The molecule has 0 aromatic heterocycles. The minimum atomic E-state index is -0.960. The number of aliphatic hydroxyl groups excluding tert-OH is 2. The Morgan fingerprint density at radius 1 is 1.09 bits per heavy atom. The number of aliphatic hydroxyl groups is 2. The van der Waals surface area contributed by atoms with Crippen LogP contribution in [0.25, 0.3) is 4.91 Å². The van der Waals surface area contributed by atoms with E-state index < -0.39 is 12.4 Å². The minimum absolute atomic E-state index is 0.00186. The van der Waals surface area contributed by atoms with Crippen molar-refractivity contribution >= 4 is 16.7 Å². The zero-order valence-corrected chi connectivity index (χ0v) is 14.6. The summed E-state index contributed by atoms with van der Waals surface area (Å²) in [6.45, 7) is 11.1. The molecule has 128 valence electrons. The summed E-state index contributed by atoms with van der Waals surface area (Å²) < 4.78 is 5.36. The predicted molar refractivity (Wildman–Crippen MR) is 91.6 cm³/mol. The van der Waals surface area contributed by atoms with Crippen LogP contribution in [0.3, 0.4) is 0 Å². The first-order valence-electron chi connectivity index (χ1n) is 7.54. The van der Waals surface area contributed by atoms with Gasteiger partial charge in [0, 0.05) is 22.5 Å². The van der Waals surface area contributed by atoms with Gasteiger partial charge in [0.15, 0.2) is 6.29 Å². The summed E-state index contributed by atoms with van der Waals surface area (Å²) in [6, 6.07) is 0. The van der Waals surface area contributed by atoms with Crippen molar-refractivity contribution in [2.45, 2.75) is 57.9 Å². The summed E-state index contributed by atoms with van der Waals surface area (Å²) >= 11 is 1.32. The lowest BCUT2D eigenvalue weighted by Crippen LogP contribution is -2.44. The molecule has 5 nitrogen and oxygen atoms in total. The van der Waals surface area contributed by atoms with Crippen molar-refractivity contribution in [2.75, 3.05) is 0 Å². The number of aromatic hydroxyl groups is 2. The Morgan fingerprint density at radius 2 is 1.70 bits per heavy atom. The van der Waals surface area contributed by atoms with Crippen molar-refractivity contribution in [3.63, 3.8) is 0 Å². The standard InChI is InChI=1S/C17H24O5S/c1-7-8(2)15(20)9(3)16(21)14(7)11(5)23-17-10(4)22-13(19)6-12(17)18/h10,12-13,17-21H,5-6H2,1-4H3. The van der Waals surface area contributed by atoms with Crippen LogP contribution in [0.2, 0.25) is 0 Å². The van der Waals surface area contributed by atoms with E-state index in [4.69, 9.17) is 4.74 Å². The first-order valence-corrected chi connectivity index (χ1v) is 8.42. The lowest BCUT2D eigenvalue weighted by Gasteiger charge is -2.36. The third-order valence-corrected chi connectivity index (χ3v) is 5.91. The molecule has 23 heavy (non-hydrogen) atoms. The zero-order chi connectivity index (χ0) is 17.5. The van der Waals surface area contributed by atoms with Crippen molar-refractivity contribution < 1.29 is 25.2 Å². The van der Waals surface area contributed by atoms with Crippen molar-refractivity contribution in [1.82, 2.24) is 0 Å². The van der Waals surface area contributed by atoms with Crippen molar-refractivity contribution in [1.29, 1.82) is 0 Å². The quantitative estimate of drug-likeness (QED) is 0.676. The van der Waals surface area contributed by atoms with Crippen LogP contribution in [-0.4, -0.2) is 44.2 Å². The molecule has 0 saturated carbocycles. The second-order valence-electron chi connectivity index (χ2n) is 6.05. The highest BCUT2D eigenvalue weighted by Crippen LogP contribution is 2.45. The smallest absolute Gasteiger partial charge is 0.157 e. The maximum Gasteiger partial charge on any atom is 0.157 e. The maximum absolute atomic E-state index is 10.4. The van der Waals surface area contributed by atoms with E-state index >= 15 is 0 Å². The van der Waals surface area contributed by atoms with Crippen LogP contribution in [0.15, 0.2) is 6.58 Å². The number of benzene rings is 1. The molecular formula is C17H24O5S. The van der Waals surface area contributed by atoms with Crippen LogP contribution in [0.1, 0.15) is 35.6 Å². The molecule has 4 N–H and O–H groups in total. The highest BCUT2D eigenvalue weighted by Gasteiger charge is 2.36. The van der Waals surface area contributed by atoms with E-state index in [1.54, 1.807) is 20.8 Å². The Bertz CT molecular complexity index is 587. The van der Waals surface area contributed by atoms with Gasteiger partial charge in [0.1, 0.15) is 11.5 Å². The summed E-state index contributed by atoms with van der Waals surface area (Å²) in [7, 11) is 0. The van der Waals surface area contributed by atoms with E-state index in [1.165, 1.54) is 11.8 Å². The molecule has 4 unspecified atom stereocenters. The molecule has 1 aromatic rings. The highest BCUT2D eigenvalue weighted by atomic mass is 32.2. The summed E-state index contributed by atoms with van der Waals surface area (Å²) in [4.78, 5) is 0.599. The summed E-state index contributed by atoms with van der Waals surface area (Å²) in [5.74, 6) is 0.0843. The van der Waals surface area contributed by atoms with Gasteiger partial charge in [-0.3, -0.25) is 0 Å². The third kappa shape index (κ3) is 3.35. The van der Waals surface area contributed by atoms with Gasteiger partial charge in [0.2, 0.25) is 0 Å². The molecule has 0 spiro atoms. The molecule has 1 aliphatic rings. The molecule has 4 atom stereocenters. The number of phenols is 2. The number of phenolic OH excluding ortho intramolecular Hbond substituents is 2. The maximum atomic E-state index is 10.4. The predicted octanol–water partition coefficient (Wildman–Crippen LogP) is 2.58. The molecule has 0 amide bonds. The fraction of sp³-hybridized carbons (Fsp3) is 0.529. The van der Waals surface area contributed by atoms with Gasteiger partial charge in [0.05, 0.1) is 17.5 Å². The van der Waals surface area contributed by atoms with Crippen LogP contribution in [0.5, 0.6) is 11.5 Å². The fourth-order valence-corrected chi connectivity index (χ4v) is 4.12. The number of rotatable bonds is 3. The van der Waals surface area contributed by atoms with Crippen molar-refractivity contribution in [3.8, 4) is 11.5 Å². The Hall–Kier alpha value is -1.21. The van der Waals surface area contributed by atoms with E-state index in [0.717, 1.165) is 5.56 Å². The molecule has 0 aliphatic carbocycles. The number of hydrogen-bond acceptors (Lipinski definition) is 6. The van der Waals surface area contributed by atoms with Gasteiger partial charge in [-0.2, -0.15) is 0 Å². The Kier molecular flexibility index (Phi) is 5.30. The lowest BCUT2D eigenvalue weighted by atomic mass is 9.97. The SMILES string of the molecule is C=C(SC1C(O)CC(O)OC1C)c1c(C)c(C)c(O)c(C)c1O. The van der Waals surface area contributed by atoms with Gasteiger partial charge in [-0.25, -0.2) is 0 Å². The van der Waals surface area contributed by atoms with Gasteiger partial charge in [-0.15, -0.1) is 11.8 Å². The van der Waals surface area contributed by atoms with E-state index in [2.05, 4.69) is 6.58 Å². The summed E-state index contributed by atoms with van der Waals surface area (Å²) in [5.41, 5.74) is 2.44. The normalized spacial score (nSPS) is 27.9. The molecule has 2 rings (SSSR count). The molecular weight excluding hydrogens is 316 g/mol. The molecule has 0 bridgehead atoms. The molecule has 1 fully saturated rings. The number of hydrogen-bond donors (Lipinski definition) is 4. The second-order valence-corrected chi connectivity index (χ2v) is 7.32. The minimum Gasteiger partial charge on any atom is -0.507 e. The van der Waals surface area contributed by atoms with E-state index in [0.29, 0.717) is 21.6 Å². The van der Waals surface area contributed by atoms with Gasteiger partial charge in [-0.05, 0) is 38.8 Å². The highest BCUT2D eigenvalue weighted by molar-refractivity contribution is 8.08.